The number of ether oxygens (including phenoxy) is 2. The minimum Gasteiger partial charge on any atom is -0.486 e. The summed E-state index contributed by atoms with van der Waals surface area (Å²) in [5, 5.41) is 2.99. The molecule has 3 aromatic carbocycles. The van der Waals surface area contributed by atoms with Gasteiger partial charge in [0.25, 0.3) is 10.0 Å². The first kappa shape index (κ1) is 30.9. The summed E-state index contributed by atoms with van der Waals surface area (Å²) in [6.45, 7) is 9.74. The number of rotatable bonds is 10. The average molecular weight is 594 g/mol. The number of carbonyl (C=O) groups excluding carboxylic acids is 2. The van der Waals surface area contributed by atoms with Crippen molar-refractivity contribution in [1.82, 2.24) is 10.2 Å². The van der Waals surface area contributed by atoms with Crippen LogP contribution in [0.3, 0.4) is 0 Å². The van der Waals surface area contributed by atoms with Crippen molar-refractivity contribution in [1.29, 1.82) is 0 Å². The van der Waals surface area contributed by atoms with Crippen LogP contribution in [0.2, 0.25) is 0 Å². The van der Waals surface area contributed by atoms with Gasteiger partial charge in [0.1, 0.15) is 25.8 Å². The Kier molecular flexibility index (Phi) is 9.46. The van der Waals surface area contributed by atoms with Gasteiger partial charge in [0, 0.05) is 18.2 Å². The molecule has 0 unspecified atom stereocenters. The molecule has 224 valence electrons. The number of hydrogen-bond donors (Lipinski definition) is 1. The zero-order valence-corrected chi connectivity index (χ0v) is 25.6. The molecule has 3 aromatic rings. The number of hydrogen-bond acceptors (Lipinski definition) is 6. The van der Waals surface area contributed by atoms with Gasteiger partial charge in [0.05, 0.1) is 10.6 Å². The summed E-state index contributed by atoms with van der Waals surface area (Å²) in [4.78, 5) is 29.3. The Balaban J connectivity index is 1.77. The van der Waals surface area contributed by atoms with E-state index in [1.165, 1.54) is 17.0 Å². The van der Waals surface area contributed by atoms with Crippen molar-refractivity contribution in [2.24, 2.45) is 0 Å². The summed E-state index contributed by atoms with van der Waals surface area (Å²) >= 11 is 0. The molecule has 42 heavy (non-hydrogen) atoms. The molecule has 4 rings (SSSR count). The Morgan fingerprint density at radius 2 is 1.57 bits per heavy atom. The lowest BCUT2D eigenvalue weighted by Gasteiger charge is -2.35. The van der Waals surface area contributed by atoms with Crippen LogP contribution < -0.4 is 19.1 Å². The van der Waals surface area contributed by atoms with Crippen LogP contribution in [-0.2, 0) is 26.2 Å². The maximum atomic E-state index is 14.3. The van der Waals surface area contributed by atoms with Crippen molar-refractivity contribution < 1.29 is 27.5 Å². The number of anilines is 1. The Morgan fingerprint density at radius 1 is 0.929 bits per heavy atom. The number of carbonyl (C=O) groups is 2. The van der Waals surface area contributed by atoms with E-state index in [9.17, 15) is 18.0 Å². The second-order valence-electron chi connectivity index (χ2n) is 11.3. The number of benzene rings is 3. The van der Waals surface area contributed by atoms with Crippen molar-refractivity contribution in [2.75, 3.05) is 24.1 Å². The van der Waals surface area contributed by atoms with Crippen molar-refractivity contribution in [3.05, 3.63) is 83.9 Å². The van der Waals surface area contributed by atoms with Crippen LogP contribution in [0.5, 0.6) is 11.5 Å². The predicted molar refractivity (Wildman–Crippen MR) is 162 cm³/mol. The summed E-state index contributed by atoms with van der Waals surface area (Å²) in [5.74, 6) is 0.0824. The van der Waals surface area contributed by atoms with Crippen LogP contribution >= 0.6 is 0 Å². The molecule has 1 aliphatic rings. The Hall–Kier alpha value is -4.05. The lowest BCUT2D eigenvalue weighted by molar-refractivity contribution is -0.141. The van der Waals surface area contributed by atoms with E-state index in [2.05, 4.69) is 5.32 Å². The smallest absolute Gasteiger partial charge is 0.264 e. The van der Waals surface area contributed by atoms with Crippen LogP contribution in [0.25, 0.3) is 0 Å². The second-order valence-corrected chi connectivity index (χ2v) is 13.1. The zero-order chi connectivity index (χ0) is 30.5. The number of fused-ring (bicyclic) bond motifs is 1. The molecule has 0 saturated heterocycles. The average Bonchev–Trinajstić information content (AvgIpc) is 2.96. The third-order valence-electron chi connectivity index (χ3n) is 6.91. The predicted octanol–water partition coefficient (Wildman–Crippen LogP) is 4.68. The van der Waals surface area contributed by atoms with E-state index in [-0.39, 0.29) is 23.0 Å². The van der Waals surface area contributed by atoms with Crippen LogP contribution in [0.15, 0.2) is 77.7 Å². The first-order valence-electron chi connectivity index (χ1n) is 14.0. The largest absolute Gasteiger partial charge is 0.486 e. The molecule has 0 aromatic heterocycles. The maximum Gasteiger partial charge on any atom is 0.264 e. The fraction of sp³-hybridized carbons (Fsp3) is 0.375. The number of aryl methyl sites for hydroxylation is 1. The normalized spacial score (nSPS) is 13.6. The molecule has 0 spiro atoms. The van der Waals surface area contributed by atoms with Gasteiger partial charge in [-0.05, 0) is 69.5 Å². The molecule has 0 aliphatic carbocycles. The summed E-state index contributed by atoms with van der Waals surface area (Å²) in [6, 6.07) is 19.6. The van der Waals surface area contributed by atoms with Crippen molar-refractivity contribution in [3.63, 3.8) is 0 Å². The van der Waals surface area contributed by atoms with Gasteiger partial charge in [-0.15, -0.1) is 0 Å². The minimum atomic E-state index is -4.18. The third-order valence-corrected chi connectivity index (χ3v) is 8.70. The Bertz CT molecular complexity index is 1520. The van der Waals surface area contributed by atoms with Gasteiger partial charge in [0.15, 0.2) is 11.5 Å². The fourth-order valence-corrected chi connectivity index (χ4v) is 6.21. The molecule has 0 radical (unpaired) electrons. The number of nitrogens with one attached hydrogen (secondary N) is 1. The molecule has 1 aliphatic heterocycles. The van der Waals surface area contributed by atoms with Gasteiger partial charge in [-0.25, -0.2) is 8.42 Å². The molecular formula is C32H39N3O6S. The van der Waals surface area contributed by atoms with E-state index in [1.807, 2.05) is 58.9 Å². The molecule has 0 fully saturated rings. The van der Waals surface area contributed by atoms with E-state index in [4.69, 9.17) is 9.47 Å². The lowest BCUT2D eigenvalue weighted by atomic mass is 10.0. The van der Waals surface area contributed by atoms with Gasteiger partial charge < -0.3 is 19.7 Å². The highest BCUT2D eigenvalue weighted by molar-refractivity contribution is 7.92. The molecule has 9 nitrogen and oxygen atoms in total. The van der Waals surface area contributed by atoms with Crippen molar-refractivity contribution in [2.45, 2.75) is 64.1 Å². The van der Waals surface area contributed by atoms with Crippen LogP contribution in [-0.4, -0.2) is 56.5 Å². The second kappa shape index (κ2) is 12.9. The highest BCUT2D eigenvalue weighted by Crippen LogP contribution is 2.36. The van der Waals surface area contributed by atoms with Gasteiger partial charge in [-0.2, -0.15) is 0 Å². The highest BCUT2D eigenvalue weighted by Gasteiger charge is 2.35. The maximum absolute atomic E-state index is 14.3. The van der Waals surface area contributed by atoms with E-state index in [0.717, 1.165) is 15.4 Å². The van der Waals surface area contributed by atoms with E-state index < -0.39 is 34.1 Å². The first-order chi connectivity index (χ1) is 19.9. The molecule has 1 N–H and O–H groups in total. The Labute approximate surface area is 248 Å². The quantitative estimate of drug-likeness (QED) is 0.366. The summed E-state index contributed by atoms with van der Waals surface area (Å²) in [7, 11) is -4.18. The summed E-state index contributed by atoms with van der Waals surface area (Å²) < 4.78 is 40.5. The van der Waals surface area contributed by atoms with Gasteiger partial charge >= 0.3 is 0 Å². The molecular weight excluding hydrogens is 554 g/mol. The third kappa shape index (κ3) is 7.23. The topological polar surface area (TPSA) is 105 Å². The molecule has 10 heteroatoms. The van der Waals surface area contributed by atoms with Crippen LogP contribution in [0, 0.1) is 6.92 Å². The van der Waals surface area contributed by atoms with Gasteiger partial charge in [-0.3, -0.25) is 13.9 Å². The zero-order valence-electron chi connectivity index (χ0n) is 24.8. The molecule has 1 atom stereocenters. The fourth-order valence-electron chi connectivity index (χ4n) is 4.78. The van der Waals surface area contributed by atoms with Gasteiger partial charge in [0.2, 0.25) is 11.8 Å². The highest BCUT2D eigenvalue weighted by atomic mass is 32.2. The molecule has 0 bridgehead atoms. The number of nitrogens with zero attached hydrogens (tertiary/aromatic N) is 2. The Morgan fingerprint density at radius 3 is 2.21 bits per heavy atom. The minimum absolute atomic E-state index is 0.0376. The molecule has 2 amide bonds. The monoisotopic (exact) mass is 593 g/mol. The van der Waals surface area contributed by atoms with Crippen molar-refractivity contribution >= 4 is 27.5 Å². The van der Waals surface area contributed by atoms with Crippen LogP contribution in [0.4, 0.5) is 5.69 Å². The summed E-state index contributed by atoms with van der Waals surface area (Å²) in [6.07, 6.45) is 0.342. The first-order valence-corrected chi connectivity index (χ1v) is 15.5. The van der Waals surface area contributed by atoms with Crippen LogP contribution in [0.1, 0.15) is 45.2 Å². The van der Waals surface area contributed by atoms with E-state index >= 15 is 0 Å². The lowest BCUT2D eigenvalue weighted by Crippen LogP contribution is -2.55. The van der Waals surface area contributed by atoms with Crippen molar-refractivity contribution in [3.8, 4) is 11.5 Å². The molecule has 1 heterocycles. The number of amides is 2. The standard InChI is InChI=1S/C32H39N3O6S/c1-6-27(31(37)33-32(3,4)5)34(21-24-13-11-10-12-23(24)2)30(36)22-35(42(38,39)26-14-8-7-9-15-26)25-16-17-28-29(20-25)41-19-18-40-28/h7-17,20,27H,6,18-19,21-22H2,1-5H3,(H,33,37)/t27-/m0/s1. The summed E-state index contributed by atoms with van der Waals surface area (Å²) in [5.41, 5.74) is 1.56. The van der Waals surface area contributed by atoms with E-state index in [1.54, 1.807) is 36.4 Å². The number of sulfonamides is 1. The van der Waals surface area contributed by atoms with Gasteiger partial charge in [-0.1, -0.05) is 49.4 Å². The SMILES string of the molecule is CC[C@@H](C(=O)NC(C)(C)C)N(Cc1ccccc1C)C(=O)CN(c1ccc2c(c1)OCCO2)S(=O)(=O)c1ccccc1. The molecule has 0 saturated carbocycles. The van der Waals surface area contributed by atoms with E-state index in [0.29, 0.717) is 31.1 Å².